The zero-order valence-electron chi connectivity index (χ0n) is 17.5. The maximum Gasteiger partial charge on any atom is 0.0761 e. The molecular weight excluding hydrogens is 318 g/mol. The van der Waals surface area contributed by atoms with Crippen molar-refractivity contribution in [1.29, 1.82) is 0 Å². The molecule has 0 spiro atoms. The van der Waals surface area contributed by atoms with Gasteiger partial charge in [0.25, 0.3) is 0 Å². The highest BCUT2D eigenvalue weighted by molar-refractivity contribution is 6.04. The van der Waals surface area contributed by atoms with E-state index in [0.29, 0.717) is 29.6 Å². The smallest absolute Gasteiger partial charge is 0.0761 e. The van der Waals surface area contributed by atoms with Gasteiger partial charge in [-0.3, -0.25) is 4.99 Å². The summed E-state index contributed by atoms with van der Waals surface area (Å²) < 4.78 is 5.82. The zero-order valence-corrected chi connectivity index (χ0v) is 17.5. The van der Waals surface area contributed by atoms with Crippen molar-refractivity contribution in [2.75, 3.05) is 6.61 Å². The molecule has 2 nitrogen and oxygen atoms in total. The first-order valence-corrected chi connectivity index (χ1v) is 10.8. The summed E-state index contributed by atoms with van der Waals surface area (Å²) in [6.07, 6.45) is 13.3. The van der Waals surface area contributed by atoms with Gasteiger partial charge >= 0.3 is 0 Å². The first kappa shape index (κ1) is 19.6. The van der Waals surface area contributed by atoms with Crippen LogP contribution in [-0.4, -0.2) is 18.4 Å². The lowest BCUT2D eigenvalue weighted by atomic mass is 9.62. The fourth-order valence-corrected chi connectivity index (χ4v) is 5.69. The molecule has 0 saturated carbocycles. The third kappa shape index (κ3) is 3.50. The van der Waals surface area contributed by atoms with Crippen molar-refractivity contribution in [1.82, 2.24) is 0 Å². The summed E-state index contributed by atoms with van der Waals surface area (Å²) in [6, 6.07) is 0. The van der Waals surface area contributed by atoms with E-state index in [2.05, 4.69) is 66.0 Å². The van der Waals surface area contributed by atoms with Gasteiger partial charge < -0.3 is 4.74 Å². The molecule has 0 aromatic carbocycles. The monoisotopic (exact) mass is 355 g/mol. The molecule has 2 aliphatic carbocycles. The Morgan fingerprint density at radius 1 is 1.19 bits per heavy atom. The minimum absolute atomic E-state index is 0.289. The maximum atomic E-state index is 5.82. The SMILES string of the molecule is CCOC1C=CC(C(C)C2=NC=C(C)C3C2=CC(CC)C(CC)C3C)C1. The van der Waals surface area contributed by atoms with Crippen LogP contribution in [0.2, 0.25) is 0 Å². The minimum atomic E-state index is 0.289. The first-order valence-electron chi connectivity index (χ1n) is 10.8. The number of ether oxygens (including phenoxy) is 1. The van der Waals surface area contributed by atoms with Gasteiger partial charge in [-0.2, -0.15) is 0 Å². The second-order valence-corrected chi connectivity index (χ2v) is 8.56. The van der Waals surface area contributed by atoms with E-state index in [4.69, 9.17) is 9.73 Å². The van der Waals surface area contributed by atoms with Gasteiger partial charge in [-0.1, -0.05) is 52.3 Å². The van der Waals surface area contributed by atoms with Crippen LogP contribution in [0.4, 0.5) is 0 Å². The summed E-state index contributed by atoms with van der Waals surface area (Å²) in [5.74, 6) is 3.75. The van der Waals surface area contributed by atoms with Gasteiger partial charge in [-0.15, -0.1) is 0 Å². The lowest BCUT2D eigenvalue weighted by Crippen LogP contribution is -2.38. The van der Waals surface area contributed by atoms with Crippen LogP contribution in [0.1, 0.15) is 60.8 Å². The molecule has 144 valence electrons. The third-order valence-corrected chi connectivity index (χ3v) is 7.15. The van der Waals surface area contributed by atoms with Crippen LogP contribution >= 0.6 is 0 Å². The Morgan fingerprint density at radius 2 is 1.96 bits per heavy atom. The Labute approximate surface area is 160 Å². The fourth-order valence-electron chi connectivity index (χ4n) is 5.69. The van der Waals surface area contributed by atoms with Gasteiger partial charge in [0, 0.05) is 30.4 Å². The predicted octanol–water partition coefficient (Wildman–Crippen LogP) is 6.21. The summed E-state index contributed by atoms with van der Waals surface area (Å²) in [5.41, 5.74) is 4.32. The van der Waals surface area contributed by atoms with Crippen molar-refractivity contribution in [2.24, 2.45) is 40.5 Å². The van der Waals surface area contributed by atoms with Crippen LogP contribution in [0.3, 0.4) is 0 Å². The predicted molar refractivity (Wildman–Crippen MR) is 111 cm³/mol. The number of rotatable bonds is 6. The first-order chi connectivity index (χ1) is 12.5. The zero-order chi connectivity index (χ0) is 18.8. The van der Waals surface area contributed by atoms with Crippen LogP contribution in [0.5, 0.6) is 0 Å². The van der Waals surface area contributed by atoms with E-state index in [1.165, 1.54) is 29.7 Å². The lowest BCUT2D eigenvalue weighted by Gasteiger charge is -2.44. The van der Waals surface area contributed by atoms with E-state index in [-0.39, 0.29) is 6.10 Å². The van der Waals surface area contributed by atoms with Crippen molar-refractivity contribution in [2.45, 2.75) is 66.9 Å². The molecule has 0 aromatic heterocycles. The fraction of sp³-hybridized carbons (Fsp3) is 0.708. The highest BCUT2D eigenvalue weighted by Gasteiger charge is 2.41. The molecule has 7 atom stereocenters. The molecule has 0 bridgehead atoms. The molecule has 26 heavy (non-hydrogen) atoms. The highest BCUT2D eigenvalue weighted by Crippen LogP contribution is 2.47. The summed E-state index contributed by atoms with van der Waals surface area (Å²) >= 11 is 0. The average molecular weight is 356 g/mol. The van der Waals surface area contributed by atoms with E-state index in [1.54, 1.807) is 0 Å². The summed E-state index contributed by atoms with van der Waals surface area (Å²) in [5, 5.41) is 0. The number of allylic oxidation sites excluding steroid dienone is 4. The van der Waals surface area contributed by atoms with E-state index in [1.807, 2.05) is 0 Å². The molecule has 7 unspecified atom stereocenters. The molecule has 0 radical (unpaired) electrons. The molecular formula is C24H37NO. The molecule has 0 N–H and O–H groups in total. The Bertz CT molecular complexity index is 626. The van der Waals surface area contributed by atoms with Gasteiger partial charge in [-0.25, -0.2) is 0 Å². The summed E-state index contributed by atoms with van der Waals surface area (Å²) in [7, 11) is 0. The van der Waals surface area contributed by atoms with Crippen LogP contribution in [-0.2, 0) is 4.74 Å². The topological polar surface area (TPSA) is 21.6 Å². The molecule has 3 aliphatic rings. The number of hydrogen-bond donors (Lipinski definition) is 0. The molecule has 0 aromatic rings. The molecule has 0 amide bonds. The number of aliphatic imine (C=N–C) groups is 1. The summed E-state index contributed by atoms with van der Waals surface area (Å²) in [4.78, 5) is 4.98. The highest BCUT2D eigenvalue weighted by atomic mass is 16.5. The van der Waals surface area contributed by atoms with Crippen molar-refractivity contribution in [3.05, 3.63) is 35.6 Å². The Hall–Kier alpha value is -1.15. The largest absolute Gasteiger partial charge is 0.374 e. The number of nitrogens with zero attached hydrogens (tertiary/aromatic N) is 1. The van der Waals surface area contributed by atoms with Crippen molar-refractivity contribution < 1.29 is 4.74 Å². The quantitative estimate of drug-likeness (QED) is 0.519. The molecule has 2 heteroatoms. The Kier molecular flexibility index (Phi) is 6.22. The number of hydrogen-bond acceptors (Lipinski definition) is 2. The van der Waals surface area contributed by atoms with E-state index in [0.717, 1.165) is 18.9 Å². The second kappa shape index (κ2) is 8.25. The minimum Gasteiger partial charge on any atom is -0.374 e. The normalized spacial score (nSPS) is 37.7. The molecule has 1 aliphatic heterocycles. The second-order valence-electron chi connectivity index (χ2n) is 8.56. The molecule has 1 heterocycles. The Balaban J connectivity index is 1.88. The standard InChI is InChI=1S/C24H37NO/c1-7-18-13-22-23(17(6)21(18)8-2)15(4)14-25-24(22)16(5)19-10-11-20(12-19)26-9-3/h10-11,13-14,16-21,23H,7-9,12H2,1-6H3. The van der Waals surface area contributed by atoms with Gasteiger partial charge in [0.05, 0.1) is 6.10 Å². The number of fused-ring (bicyclic) bond motifs is 1. The van der Waals surface area contributed by atoms with Gasteiger partial charge in [0.1, 0.15) is 0 Å². The van der Waals surface area contributed by atoms with Crippen molar-refractivity contribution in [3.8, 4) is 0 Å². The van der Waals surface area contributed by atoms with Crippen LogP contribution in [0.15, 0.2) is 40.6 Å². The maximum absolute atomic E-state index is 5.82. The molecule has 3 rings (SSSR count). The van der Waals surface area contributed by atoms with Crippen LogP contribution < -0.4 is 0 Å². The Morgan fingerprint density at radius 3 is 2.62 bits per heavy atom. The summed E-state index contributed by atoms with van der Waals surface area (Å²) in [6.45, 7) is 14.7. The van der Waals surface area contributed by atoms with Crippen molar-refractivity contribution >= 4 is 5.71 Å². The average Bonchev–Trinajstić information content (AvgIpc) is 3.10. The van der Waals surface area contributed by atoms with Gasteiger partial charge in [-0.05, 0) is 61.5 Å². The van der Waals surface area contributed by atoms with Gasteiger partial charge in [0.2, 0.25) is 0 Å². The van der Waals surface area contributed by atoms with E-state index >= 15 is 0 Å². The molecule has 0 fully saturated rings. The van der Waals surface area contributed by atoms with Crippen molar-refractivity contribution in [3.63, 3.8) is 0 Å². The lowest BCUT2D eigenvalue weighted by molar-refractivity contribution is 0.0880. The van der Waals surface area contributed by atoms with E-state index in [9.17, 15) is 0 Å². The van der Waals surface area contributed by atoms with Gasteiger partial charge in [0.15, 0.2) is 0 Å². The molecule has 0 saturated heterocycles. The van der Waals surface area contributed by atoms with E-state index < -0.39 is 0 Å². The van der Waals surface area contributed by atoms with Crippen LogP contribution in [0, 0.1) is 35.5 Å². The van der Waals surface area contributed by atoms with Crippen LogP contribution in [0.25, 0.3) is 0 Å². The third-order valence-electron chi connectivity index (χ3n) is 7.15.